The van der Waals surface area contributed by atoms with Crippen molar-refractivity contribution in [3.63, 3.8) is 0 Å². The number of anilines is 1. The molecular formula is C16H15BrN2O2. The summed E-state index contributed by atoms with van der Waals surface area (Å²) in [6.45, 7) is 1.88. The average molecular weight is 347 g/mol. The Kier molecular flexibility index (Phi) is 4.75. The smallest absolute Gasteiger partial charge is 0.255 e. The topological polar surface area (TPSA) is 58.2 Å². The summed E-state index contributed by atoms with van der Waals surface area (Å²) in [4.78, 5) is 23.7. The molecule has 4 nitrogen and oxygen atoms in total. The van der Waals surface area contributed by atoms with Gasteiger partial charge < -0.3 is 10.6 Å². The van der Waals surface area contributed by atoms with Crippen LogP contribution in [0.3, 0.4) is 0 Å². The van der Waals surface area contributed by atoms with Gasteiger partial charge in [0.15, 0.2) is 0 Å². The summed E-state index contributed by atoms with van der Waals surface area (Å²) < 4.78 is 0.894. The molecule has 0 heterocycles. The van der Waals surface area contributed by atoms with Crippen molar-refractivity contribution >= 4 is 33.4 Å². The predicted molar refractivity (Wildman–Crippen MR) is 86.7 cm³/mol. The molecule has 0 saturated heterocycles. The summed E-state index contributed by atoms with van der Waals surface area (Å²) >= 11 is 3.41. The maximum absolute atomic E-state index is 12.3. The van der Waals surface area contributed by atoms with E-state index in [4.69, 9.17) is 0 Å². The summed E-state index contributed by atoms with van der Waals surface area (Å²) in [5, 5.41) is 5.37. The standard InChI is InChI=1S/C16H15BrN2O2/c1-10-13(4-3-5-14(10)17)16(21)19-12-8-6-11(7-9-12)15(20)18-2/h3-9H,1-2H3,(H,18,20)(H,19,21). The molecule has 108 valence electrons. The van der Waals surface area contributed by atoms with Gasteiger partial charge in [0, 0.05) is 28.3 Å². The van der Waals surface area contributed by atoms with Gasteiger partial charge in [-0.25, -0.2) is 0 Å². The quantitative estimate of drug-likeness (QED) is 0.894. The Balaban J connectivity index is 2.16. The number of halogens is 1. The molecule has 2 aromatic carbocycles. The summed E-state index contributed by atoms with van der Waals surface area (Å²) in [6.07, 6.45) is 0. The maximum atomic E-state index is 12.3. The highest BCUT2D eigenvalue weighted by molar-refractivity contribution is 9.10. The van der Waals surface area contributed by atoms with E-state index in [2.05, 4.69) is 26.6 Å². The van der Waals surface area contributed by atoms with Crippen LogP contribution in [0, 0.1) is 6.92 Å². The minimum Gasteiger partial charge on any atom is -0.355 e. The molecule has 0 spiro atoms. The molecule has 0 saturated carbocycles. The first kappa shape index (κ1) is 15.3. The molecule has 2 rings (SSSR count). The summed E-state index contributed by atoms with van der Waals surface area (Å²) in [5.74, 6) is -0.336. The van der Waals surface area contributed by atoms with Gasteiger partial charge in [-0.05, 0) is 48.9 Å². The van der Waals surface area contributed by atoms with E-state index < -0.39 is 0 Å². The molecular weight excluding hydrogens is 332 g/mol. The highest BCUT2D eigenvalue weighted by Crippen LogP contribution is 2.20. The largest absolute Gasteiger partial charge is 0.355 e. The van der Waals surface area contributed by atoms with Gasteiger partial charge >= 0.3 is 0 Å². The molecule has 0 aliphatic carbocycles. The van der Waals surface area contributed by atoms with Crippen LogP contribution >= 0.6 is 15.9 Å². The van der Waals surface area contributed by atoms with Gasteiger partial charge in [0.05, 0.1) is 0 Å². The third-order valence-electron chi connectivity index (χ3n) is 3.14. The Labute approximate surface area is 131 Å². The van der Waals surface area contributed by atoms with Gasteiger partial charge in [-0.2, -0.15) is 0 Å². The number of carbonyl (C=O) groups is 2. The van der Waals surface area contributed by atoms with Crippen molar-refractivity contribution in [2.24, 2.45) is 0 Å². The van der Waals surface area contributed by atoms with Crippen LogP contribution < -0.4 is 10.6 Å². The zero-order valence-corrected chi connectivity index (χ0v) is 13.3. The van der Waals surface area contributed by atoms with Gasteiger partial charge in [0.1, 0.15) is 0 Å². The van der Waals surface area contributed by atoms with Crippen molar-refractivity contribution < 1.29 is 9.59 Å². The third-order valence-corrected chi connectivity index (χ3v) is 4.00. The number of hydrogen-bond acceptors (Lipinski definition) is 2. The van der Waals surface area contributed by atoms with E-state index in [1.165, 1.54) is 0 Å². The Hall–Kier alpha value is -2.14. The second kappa shape index (κ2) is 6.54. The Morgan fingerprint density at radius 1 is 1.00 bits per heavy atom. The van der Waals surface area contributed by atoms with Gasteiger partial charge in [-0.15, -0.1) is 0 Å². The number of rotatable bonds is 3. The molecule has 2 aromatic rings. The SMILES string of the molecule is CNC(=O)c1ccc(NC(=O)c2cccc(Br)c2C)cc1. The molecule has 2 N–H and O–H groups in total. The van der Waals surface area contributed by atoms with E-state index in [0.29, 0.717) is 16.8 Å². The molecule has 0 atom stereocenters. The molecule has 0 unspecified atom stereocenters. The Morgan fingerprint density at radius 3 is 2.29 bits per heavy atom. The summed E-state index contributed by atoms with van der Waals surface area (Å²) in [7, 11) is 1.58. The fourth-order valence-electron chi connectivity index (χ4n) is 1.90. The van der Waals surface area contributed by atoms with Crippen LogP contribution in [0.15, 0.2) is 46.9 Å². The first-order chi connectivity index (χ1) is 10.0. The molecule has 0 aliphatic rings. The van der Waals surface area contributed by atoms with Gasteiger partial charge in [-0.1, -0.05) is 22.0 Å². The lowest BCUT2D eigenvalue weighted by Gasteiger charge is -2.09. The molecule has 0 bridgehead atoms. The van der Waals surface area contributed by atoms with Crippen molar-refractivity contribution in [2.45, 2.75) is 6.92 Å². The van der Waals surface area contributed by atoms with Crippen LogP contribution in [-0.2, 0) is 0 Å². The molecule has 21 heavy (non-hydrogen) atoms. The lowest BCUT2D eigenvalue weighted by Crippen LogP contribution is -2.18. The Morgan fingerprint density at radius 2 is 1.67 bits per heavy atom. The van der Waals surface area contributed by atoms with Crippen LogP contribution in [0.4, 0.5) is 5.69 Å². The fraction of sp³-hybridized carbons (Fsp3) is 0.125. The van der Waals surface area contributed by atoms with Gasteiger partial charge in [0.2, 0.25) is 0 Å². The number of hydrogen-bond donors (Lipinski definition) is 2. The highest BCUT2D eigenvalue weighted by atomic mass is 79.9. The van der Waals surface area contributed by atoms with E-state index in [1.54, 1.807) is 37.4 Å². The van der Waals surface area contributed by atoms with Crippen LogP contribution in [-0.4, -0.2) is 18.9 Å². The minimum atomic E-state index is -0.179. The van der Waals surface area contributed by atoms with Crippen molar-refractivity contribution in [3.05, 3.63) is 63.6 Å². The van der Waals surface area contributed by atoms with Crippen LogP contribution in [0.2, 0.25) is 0 Å². The van der Waals surface area contributed by atoms with Crippen LogP contribution in [0.25, 0.3) is 0 Å². The molecule has 0 fully saturated rings. The van der Waals surface area contributed by atoms with Crippen molar-refractivity contribution in [2.75, 3.05) is 12.4 Å². The van der Waals surface area contributed by atoms with Crippen molar-refractivity contribution in [1.29, 1.82) is 0 Å². The number of nitrogens with one attached hydrogen (secondary N) is 2. The molecule has 2 amide bonds. The van der Waals surface area contributed by atoms with E-state index in [1.807, 2.05) is 19.1 Å². The van der Waals surface area contributed by atoms with Crippen molar-refractivity contribution in [3.8, 4) is 0 Å². The van der Waals surface area contributed by atoms with Gasteiger partial charge in [0.25, 0.3) is 11.8 Å². The number of amides is 2. The summed E-state index contributed by atoms with van der Waals surface area (Å²) in [5.41, 5.74) is 2.69. The molecule has 0 radical (unpaired) electrons. The zero-order chi connectivity index (χ0) is 15.4. The highest BCUT2D eigenvalue weighted by Gasteiger charge is 2.11. The first-order valence-corrected chi connectivity index (χ1v) is 7.21. The van der Waals surface area contributed by atoms with Crippen LogP contribution in [0.1, 0.15) is 26.3 Å². The van der Waals surface area contributed by atoms with E-state index >= 15 is 0 Å². The second-order valence-corrected chi connectivity index (χ2v) is 5.38. The van der Waals surface area contributed by atoms with E-state index in [0.717, 1.165) is 10.0 Å². The van der Waals surface area contributed by atoms with E-state index in [9.17, 15) is 9.59 Å². The van der Waals surface area contributed by atoms with E-state index in [-0.39, 0.29) is 11.8 Å². The minimum absolute atomic E-state index is 0.157. The third kappa shape index (κ3) is 3.49. The fourth-order valence-corrected chi connectivity index (χ4v) is 2.27. The predicted octanol–water partition coefficient (Wildman–Crippen LogP) is 3.37. The number of carbonyl (C=O) groups excluding carboxylic acids is 2. The van der Waals surface area contributed by atoms with Crippen LogP contribution in [0.5, 0.6) is 0 Å². The monoisotopic (exact) mass is 346 g/mol. The zero-order valence-electron chi connectivity index (χ0n) is 11.7. The normalized spacial score (nSPS) is 10.0. The Bertz CT molecular complexity index is 681. The lowest BCUT2D eigenvalue weighted by molar-refractivity contribution is 0.0962. The summed E-state index contributed by atoms with van der Waals surface area (Å²) in [6, 6.07) is 12.2. The maximum Gasteiger partial charge on any atom is 0.255 e. The average Bonchev–Trinajstić information content (AvgIpc) is 2.50. The molecule has 5 heteroatoms. The molecule has 0 aromatic heterocycles. The van der Waals surface area contributed by atoms with Gasteiger partial charge in [-0.3, -0.25) is 9.59 Å². The molecule has 0 aliphatic heterocycles. The first-order valence-electron chi connectivity index (χ1n) is 6.41. The van der Waals surface area contributed by atoms with Crippen molar-refractivity contribution in [1.82, 2.24) is 5.32 Å². The second-order valence-electron chi connectivity index (χ2n) is 4.52. The lowest BCUT2D eigenvalue weighted by atomic mass is 10.1. The number of benzene rings is 2.